The van der Waals surface area contributed by atoms with E-state index < -0.39 is 17.8 Å². The molecular weight excluding hydrogens is 226 g/mol. The van der Waals surface area contributed by atoms with Crippen molar-refractivity contribution in [2.75, 3.05) is 13.1 Å². The molecule has 2 atom stereocenters. The van der Waals surface area contributed by atoms with Crippen molar-refractivity contribution < 1.29 is 19.5 Å². The van der Waals surface area contributed by atoms with Crippen molar-refractivity contribution in [2.24, 2.45) is 11.7 Å². The molecule has 1 aliphatic rings. The lowest BCUT2D eigenvalue weighted by molar-refractivity contribution is -0.140. The molecular formula is C10H15N3O4. The van der Waals surface area contributed by atoms with Crippen LogP contribution in [0, 0.1) is 5.92 Å². The largest absolute Gasteiger partial charge is 0.481 e. The summed E-state index contributed by atoms with van der Waals surface area (Å²) in [6, 6.07) is -0.293. The SMILES string of the molecule is NCC(=O)NCC(=O)NC1C=CC(C(=O)O)C1. The minimum atomic E-state index is -0.908. The average Bonchev–Trinajstić information content (AvgIpc) is 2.74. The average molecular weight is 241 g/mol. The van der Waals surface area contributed by atoms with E-state index in [-0.39, 0.29) is 25.0 Å². The van der Waals surface area contributed by atoms with Gasteiger partial charge in [0.05, 0.1) is 19.0 Å². The van der Waals surface area contributed by atoms with Crippen LogP contribution in [0.5, 0.6) is 0 Å². The third-order valence-electron chi connectivity index (χ3n) is 2.38. The number of carboxylic acids is 1. The van der Waals surface area contributed by atoms with Crippen molar-refractivity contribution in [3.63, 3.8) is 0 Å². The molecule has 0 aliphatic heterocycles. The van der Waals surface area contributed by atoms with Gasteiger partial charge in [-0.1, -0.05) is 12.2 Å². The van der Waals surface area contributed by atoms with E-state index in [0.29, 0.717) is 6.42 Å². The predicted octanol–water partition coefficient (Wildman–Crippen LogP) is -1.79. The Labute approximate surface area is 98.0 Å². The molecule has 1 aliphatic carbocycles. The molecule has 0 saturated heterocycles. The fourth-order valence-electron chi connectivity index (χ4n) is 1.50. The summed E-state index contributed by atoms with van der Waals surface area (Å²) in [5.74, 6) is -2.24. The van der Waals surface area contributed by atoms with Crippen LogP contribution in [0.2, 0.25) is 0 Å². The lowest BCUT2D eigenvalue weighted by atomic mass is 10.1. The second-order valence-corrected chi connectivity index (χ2v) is 3.72. The smallest absolute Gasteiger partial charge is 0.310 e. The zero-order valence-electron chi connectivity index (χ0n) is 9.18. The van der Waals surface area contributed by atoms with Crippen molar-refractivity contribution in [3.05, 3.63) is 12.2 Å². The van der Waals surface area contributed by atoms with Crippen LogP contribution in [0.1, 0.15) is 6.42 Å². The van der Waals surface area contributed by atoms with Gasteiger partial charge in [-0.15, -0.1) is 0 Å². The number of aliphatic carboxylic acids is 1. The maximum atomic E-state index is 11.3. The number of hydrogen-bond donors (Lipinski definition) is 4. The number of rotatable bonds is 5. The van der Waals surface area contributed by atoms with E-state index in [1.165, 1.54) is 0 Å². The Balaban J connectivity index is 2.27. The van der Waals surface area contributed by atoms with Gasteiger partial charge in [0, 0.05) is 6.04 Å². The summed E-state index contributed by atoms with van der Waals surface area (Å²) >= 11 is 0. The van der Waals surface area contributed by atoms with Crippen LogP contribution in [0.3, 0.4) is 0 Å². The highest BCUT2D eigenvalue weighted by atomic mass is 16.4. The summed E-state index contributed by atoms with van der Waals surface area (Å²) in [7, 11) is 0. The molecule has 0 aromatic rings. The van der Waals surface area contributed by atoms with Crippen LogP contribution in [0.25, 0.3) is 0 Å². The number of carbonyl (C=O) groups is 3. The van der Waals surface area contributed by atoms with Crippen molar-refractivity contribution >= 4 is 17.8 Å². The van der Waals surface area contributed by atoms with E-state index in [0.717, 1.165) is 0 Å². The van der Waals surface area contributed by atoms with Crippen LogP contribution >= 0.6 is 0 Å². The molecule has 17 heavy (non-hydrogen) atoms. The maximum Gasteiger partial charge on any atom is 0.310 e. The van der Waals surface area contributed by atoms with Crippen LogP contribution in [-0.2, 0) is 14.4 Å². The fraction of sp³-hybridized carbons (Fsp3) is 0.500. The molecule has 1 rings (SSSR count). The Hall–Kier alpha value is -1.89. The first-order valence-corrected chi connectivity index (χ1v) is 5.20. The molecule has 5 N–H and O–H groups in total. The van der Waals surface area contributed by atoms with Gasteiger partial charge >= 0.3 is 5.97 Å². The molecule has 94 valence electrons. The Morgan fingerprint density at radius 1 is 1.29 bits per heavy atom. The molecule has 0 radical (unpaired) electrons. The predicted molar refractivity (Wildman–Crippen MR) is 58.9 cm³/mol. The highest BCUT2D eigenvalue weighted by Gasteiger charge is 2.25. The van der Waals surface area contributed by atoms with Gasteiger partial charge in [0.1, 0.15) is 0 Å². The van der Waals surface area contributed by atoms with E-state index in [4.69, 9.17) is 10.8 Å². The van der Waals surface area contributed by atoms with Gasteiger partial charge in [-0.2, -0.15) is 0 Å². The van der Waals surface area contributed by atoms with Crippen LogP contribution in [0.15, 0.2) is 12.2 Å². The van der Waals surface area contributed by atoms with Gasteiger partial charge in [0.2, 0.25) is 11.8 Å². The monoisotopic (exact) mass is 241 g/mol. The first-order chi connectivity index (χ1) is 8.02. The van der Waals surface area contributed by atoms with Gasteiger partial charge in [-0.05, 0) is 6.42 Å². The normalized spacial score (nSPS) is 22.2. The minimum absolute atomic E-state index is 0.155. The Kier molecular flexibility index (Phi) is 4.65. The molecule has 2 unspecified atom stereocenters. The summed E-state index contributed by atoms with van der Waals surface area (Å²) in [5.41, 5.74) is 5.05. The molecule has 7 heteroatoms. The highest BCUT2D eigenvalue weighted by Crippen LogP contribution is 2.17. The quantitative estimate of drug-likeness (QED) is 0.423. The highest BCUT2D eigenvalue weighted by molar-refractivity contribution is 5.85. The van der Waals surface area contributed by atoms with Crippen molar-refractivity contribution in [2.45, 2.75) is 12.5 Å². The van der Waals surface area contributed by atoms with E-state index in [9.17, 15) is 14.4 Å². The molecule has 2 amide bonds. The second-order valence-electron chi connectivity index (χ2n) is 3.72. The fourth-order valence-corrected chi connectivity index (χ4v) is 1.50. The number of carboxylic acid groups (broad SMARTS) is 1. The molecule has 0 fully saturated rings. The minimum Gasteiger partial charge on any atom is -0.481 e. The molecule has 0 aromatic heterocycles. The van der Waals surface area contributed by atoms with E-state index >= 15 is 0 Å². The number of amides is 2. The van der Waals surface area contributed by atoms with Gasteiger partial charge in [0.25, 0.3) is 0 Å². The number of hydrogen-bond acceptors (Lipinski definition) is 4. The first kappa shape index (κ1) is 13.2. The van der Waals surface area contributed by atoms with E-state index in [1.807, 2.05) is 0 Å². The van der Waals surface area contributed by atoms with Crippen LogP contribution < -0.4 is 16.4 Å². The maximum absolute atomic E-state index is 11.3. The van der Waals surface area contributed by atoms with Gasteiger partial charge in [-0.3, -0.25) is 14.4 Å². The molecule has 0 saturated carbocycles. The molecule has 0 bridgehead atoms. The number of nitrogens with two attached hydrogens (primary N) is 1. The molecule has 7 nitrogen and oxygen atoms in total. The summed E-state index contributed by atoms with van der Waals surface area (Å²) in [5, 5.41) is 13.7. The second kappa shape index (κ2) is 6.00. The number of carbonyl (C=O) groups excluding carboxylic acids is 2. The van der Waals surface area contributed by atoms with E-state index in [2.05, 4.69) is 10.6 Å². The topological polar surface area (TPSA) is 122 Å². The van der Waals surface area contributed by atoms with Crippen LogP contribution in [-0.4, -0.2) is 42.0 Å². The van der Waals surface area contributed by atoms with Gasteiger partial charge in [-0.25, -0.2) is 0 Å². The zero-order chi connectivity index (χ0) is 12.8. The third kappa shape index (κ3) is 4.23. The van der Waals surface area contributed by atoms with Crippen LogP contribution in [0.4, 0.5) is 0 Å². The van der Waals surface area contributed by atoms with Crippen molar-refractivity contribution in [1.82, 2.24) is 10.6 Å². The van der Waals surface area contributed by atoms with Crippen molar-refractivity contribution in [1.29, 1.82) is 0 Å². The lowest BCUT2D eigenvalue weighted by Gasteiger charge is -2.12. The summed E-state index contributed by atoms with van der Waals surface area (Å²) in [6.45, 7) is -0.324. The standard InChI is InChI=1S/C10H15N3O4/c11-4-8(14)12-5-9(15)13-7-2-1-6(3-7)10(16)17/h1-2,6-7H,3-5,11H2,(H,12,14)(H,13,15)(H,16,17). The first-order valence-electron chi connectivity index (χ1n) is 5.20. The summed E-state index contributed by atoms with van der Waals surface area (Å²) in [4.78, 5) is 32.8. The Bertz CT molecular complexity index is 353. The number of nitrogens with one attached hydrogen (secondary N) is 2. The molecule has 0 spiro atoms. The summed E-state index contributed by atoms with van der Waals surface area (Å²) in [6.07, 6.45) is 3.53. The molecule has 0 aromatic carbocycles. The van der Waals surface area contributed by atoms with Gasteiger partial charge < -0.3 is 21.5 Å². The van der Waals surface area contributed by atoms with Crippen molar-refractivity contribution in [3.8, 4) is 0 Å². The van der Waals surface area contributed by atoms with E-state index in [1.54, 1.807) is 12.2 Å². The third-order valence-corrected chi connectivity index (χ3v) is 2.38. The Morgan fingerprint density at radius 2 is 2.00 bits per heavy atom. The van der Waals surface area contributed by atoms with Gasteiger partial charge in [0.15, 0.2) is 0 Å². The zero-order valence-corrected chi connectivity index (χ0v) is 9.18. The Morgan fingerprint density at radius 3 is 2.53 bits per heavy atom. The molecule has 0 heterocycles. The summed E-state index contributed by atoms with van der Waals surface area (Å²) < 4.78 is 0. The lowest BCUT2D eigenvalue weighted by Crippen LogP contribution is -2.42.